The third kappa shape index (κ3) is 4.75. The number of nitro benzene ring substituents is 1. The van der Waals surface area contributed by atoms with E-state index in [4.69, 9.17) is 0 Å². The molecular weight excluding hydrogens is 318 g/mol. The number of benzene rings is 2. The molecule has 126 valence electrons. The number of carbonyl (C=O) groups excluding carboxylic acids is 1. The highest BCUT2D eigenvalue weighted by Crippen LogP contribution is 2.19. The summed E-state index contributed by atoms with van der Waals surface area (Å²) in [7, 11) is 0. The first-order valence-electron chi connectivity index (χ1n) is 7.68. The fraction of sp³-hybridized carbons (Fsp3) is 0.158. The number of non-ortho nitro benzene ring substituents is 1. The SMILES string of the molecule is CC(C)c1ccc(/C=C(\C#N)C(=O)Nc2cccc([N+](=O)[O-])c2)cc1. The highest BCUT2D eigenvalue weighted by Gasteiger charge is 2.12. The average Bonchev–Trinajstić information content (AvgIpc) is 2.60. The zero-order valence-corrected chi connectivity index (χ0v) is 13.9. The Hall–Kier alpha value is -3.46. The lowest BCUT2D eigenvalue weighted by Crippen LogP contribution is -2.13. The normalized spacial score (nSPS) is 11.0. The van der Waals surface area contributed by atoms with Crippen molar-refractivity contribution in [2.24, 2.45) is 0 Å². The molecule has 0 aliphatic heterocycles. The maximum absolute atomic E-state index is 12.2. The topological polar surface area (TPSA) is 96.0 Å². The number of nitriles is 1. The zero-order valence-electron chi connectivity index (χ0n) is 13.9. The van der Waals surface area contributed by atoms with Crippen LogP contribution in [0.25, 0.3) is 6.08 Å². The van der Waals surface area contributed by atoms with Gasteiger partial charge in [0.2, 0.25) is 0 Å². The van der Waals surface area contributed by atoms with Crippen LogP contribution in [0.2, 0.25) is 0 Å². The number of rotatable bonds is 5. The molecule has 0 fully saturated rings. The van der Waals surface area contributed by atoms with Crippen molar-refractivity contribution >= 4 is 23.4 Å². The molecule has 0 aromatic heterocycles. The molecule has 0 aliphatic rings. The van der Waals surface area contributed by atoms with Crippen molar-refractivity contribution < 1.29 is 9.72 Å². The number of hydrogen-bond donors (Lipinski definition) is 1. The fourth-order valence-electron chi connectivity index (χ4n) is 2.19. The monoisotopic (exact) mass is 335 g/mol. The predicted molar refractivity (Wildman–Crippen MR) is 95.8 cm³/mol. The van der Waals surface area contributed by atoms with Crippen LogP contribution in [0.5, 0.6) is 0 Å². The Morgan fingerprint density at radius 2 is 1.92 bits per heavy atom. The quantitative estimate of drug-likeness (QED) is 0.382. The first-order chi connectivity index (χ1) is 11.9. The minimum absolute atomic E-state index is 0.0798. The standard InChI is InChI=1S/C19H17N3O3/c1-13(2)15-8-6-14(7-9-15)10-16(12-20)19(23)21-17-4-3-5-18(11-17)22(24)25/h3-11,13H,1-2H3,(H,21,23)/b16-10+. The molecular formula is C19H17N3O3. The van der Waals surface area contributed by atoms with Crippen LogP contribution in [0.15, 0.2) is 54.1 Å². The van der Waals surface area contributed by atoms with Crippen molar-refractivity contribution in [2.45, 2.75) is 19.8 Å². The van der Waals surface area contributed by atoms with Crippen LogP contribution in [0.1, 0.15) is 30.9 Å². The largest absolute Gasteiger partial charge is 0.321 e. The predicted octanol–water partition coefficient (Wildman–Crippen LogP) is 4.26. The Bertz CT molecular complexity index is 862. The van der Waals surface area contributed by atoms with E-state index in [0.29, 0.717) is 5.92 Å². The minimum atomic E-state index is -0.615. The van der Waals surface area contributed by atoms with Gasteiger partial charge in [-0.05, 0) is 29.2 Å². The molecule has 6 heteroatoms. The lowest BCUT2D eigenvalue weighted by molar-refractivity contribution is -0.384. The van der Waals surface area contributed by atoms with Crippen molar-refractivity contribution in [1.82, 2.24) is 0 Å². The van der Waals surface area contributed by atoms with E-state index >= 15 is 0 Å². The van der Waals surface area contributed by atoms with Crippen LogP contribution in [-0.4, -0.2) is 10.8 Å². The Morgan fingerprint density at radius 1 is 1.24 bits per heavy atom. The number of hydrogen-bond acceptors (Lipinski definition) is 4. The Labute approximate surface area is 145 Å². The second-order valence-corrected chi connectivity index (χ2v) is 5.75. The zero-order chi connectivity index (χ0) is 18.4. The molecule has 0 heterocycles. The molecule has 1 amide bonds. The summed E-state index contributed by atoms with van der Waals surface area (Å²) in [5.74, 6) is -0.221. The van der Waals surface area contributed by atoms with E-state index in [9.17, 15) is 20.2 Å². The van der Waals surface area contributed by atoms with Gasteiger partial charge in [-0.1, -0.05) is 44.2 Å². The summed E-state index contributed by atoms with van der Waals surface area (Å²) < 4.78 is 0. The van der Waals surface area contributed by atoms with Crippen LogP contribution in [0.3, 0.4) is 0 Å². The van der Waals surface area contributed by atoms with E-state index in [-0.39, 0.29) is 16.9 Å². The molecule has 2 aromatic rings. The molecule has 0 bridgehead atoms. The van der Waals surface area contributed by atoms with Gasteiger partial charge in [0.25, 0.3) is 11.6 Å². The van der Waals surface area contributed by atoms with Gasteiger partial charge in [-0.3, -0.25) is 14.9 Å². The maximum atomic E-state index is 12.2. The Balaban J connectivity index is 2.19. The van der Waals surface area contributed by atoms with E-state index in [2.05, 4.69) is 19.2 Å². The molecule has 0 radical (unpaired) electrons. The number of amides is 1. The molecule has 0 spiro atoms. The first kappa shape index (κ1) is 17.9. The number of carbonyl (C=O) groups is 1. The van der Waals surface area contributed by atoms with Crippen LogP contribution < -0.4 is 5.32 Å². The van der Waals surface area contributed by atoms with Gasteiger partial charge in [-0.25, -0.2) is 0 Å². The minimum Gasteiger partial charge on any atom is -0.321 e. The average molecular weight is 335 g/mol. The van der Waals surface area contributed by atoms with Gasteiger partial charge in [0.05, 0.1) is 4.92 Å². The summed E-state index contributed by atoms with van der Waals surface area (Å²) in [6.07, 6.45) is 1.48. The summed E-state index contributed by atoms with van der Waals surface area (Å²) in [4.78, 5) is 22.5. The van der Waals surface area contributed by atoms with E-state index in [1.165, 1.54) is 30.3 Å². The van der Waals surface area contributed by atoms with Crippen molar-refractivity contribution in [3.63, 3.8) is 0 Å². The van der Waals surface area contributed by atoms with Crippen molar-refractivity contribution in [2.75, 3.05) is 5.32 Å². The molecule has 2 rings (SSSR count). The molecule has 1 N–H and O–H groups in total. The van der Waals surface area contributed by atoms with E-state index in [1.807, 2.05) is 30.3 Å². The van der Waals surface area contributed by atoms with Gasteiger partial charge < -0.3 is 5.32 Å². The smallest absolute Gasteiger partial charge is 0.271 e. The lowest BCUT2D eigenvalue weighted by Gasteiger charge is -2.06. The Morgan fingerprint density at radius 3 is 2.48 bits per heavy atom. The van der Waals surface area contributed by atoms with Gasteiger partial charge in [0.1, 0.15) is 11.6 Å². The van der Waals surface area contributed by atoms with Crippen molar-refractivity contribution in [3.8, 4) is 6.07 Å². The van der Waals surface area contributed by atoms with Crippen LogP contribution >= 0.6 is 0 Å². The molecule has 0 atom stereocenters. The van der Waals surface area contributed by atoms with Crippen molar-refractivity contribution in [3.05, 3.63) is 75.3 Å². The molecule has 0 aliphatic carbocycles. The Kier molecular flexibility index (Phi) is 5.64. The summed E-state index contributed by atoms with van der Waals surface area (Å²) in [6, 6.07) is 15.0. The summed E-state index contributed by atoms with van der Waals surface area (Å²) >= 11 is 0. The third-order valence-electron chi connectivity index (χ3n) is 3.59. The van der Waals surface area contributed by atoms with Gasteiger partial charge >= 0.3 is 0 Å². The summed E-state index contributed by atoms with van der Waals surface area (Å²) in [5.41, 5.74) is 1.94. The van der Waals surface area contributed by atoms with E-state index < -0.39 is 10.8 Å². The molecule has 0 saturated heterocycles. The molecule has 6 nitrogen and oxygen atoms in total. The van der Waals surface area contributed by atoms with Crippen LogP contribution in [-0.2, 0) is 4.79 Å². The molecule has 0 unspecified atom stereocenters. The second kappa shape index (κ2) is 7.88. The number of nitrogens with one attached hydrogen (secondary N) is 1. The molecule has 25 heavy (non-hydrogen) atoms. The molecule has 2 aromatic carbocycles. The number of nitrogens with zero attached hydrogens (tertiary/aromatic N) is 2. The van der Waals surface area contributed by atoms with Gasteiger partial charge in [-0.2, -0.15) is 5.26 Å². The summed E-state index contributed by atoms with van der Waals surface area (Å²) in [6.45, 7) is 4.16. The highest BCUT2D eigenvalue weighted by molar-refractivity contribution is 6.09. The maximum Gasteiger partial charge on any atom is 0.271 e. The second-order valence-electron chi connectivity index (χ2n) is 5.75. The van der Waals surface area contributed by atoms with Gasteiger partial charge in [0.15, 0.2) is 0 Å². The number of nitro groups is 1. The molecule has 0 saturated carbocycles. The highest BCUT2D eigenvalue weighted by atomic mass is 16.6. The van der Waals surface area contributed by atoms with Crippen LogP contribution in [0.4, 0.5) is 11.4 Å². The van der Waals surface area contributed by atoms with Crippen LogP contribution in [0, 0.1) is 21.4 Å². The van der Waals surface area contributed by atoms with Gasteiger partial charge in [-0.15, -0.1) is 0 Å². The van der Waals surface area contributed by atoms with Gasteiger partial charge in [0, 0.05) is 17.8 Å². The third-order valence-corrected chi connectivity index (χ3v) is 3.59. The first-order valence-corrected chi connectivity index (χ1v) is 7.68. The van der Waals surface area contributed by atoms with E-state index in [0.717, 1.165) is 11.1 Å². The van der Waals surface area contributed by atoms with Crippen molar-refractivity contribution in [1.29, 1.82) is 5.26 Å². The lowest BCUT2D eigenvalue weighted by atomic mass is 10.0. The summed E-state index contributed by atoms with van der Waals surface area (Å²) in [5, 5.41) is 22.5. The number of anilines is 1. The fourth-order valence-corrected chi connectivity index (χ4v) is 2.19. The van der Waals surface area contributed by atoms with E-state index in [1.54, 1.807) is 0 Å².